The Morgan fingerprint density at radius 3 is 2.81 bits per heavy atom. The first-order valence-electron chi connectivity index (χ1n) is 8.15. The van der Waals surface area contributed by atoms with Crippen LogP contribution in [0.1, 0.15) is 12.2 Å². The second kappa shape index (κ2) is 9.26. The fourth-order valence-electron chi connectivity index (χ4n) is 2.35. The Hall–Kier alpha value is -2.76. The molecule has 1 N–H and O–H groups in total. The van der Waals surface area contributed by atoms with Crippen LogP contribution in [0.5, 0.6) is 0 Å². The van der Waals surface area contributed by atoms with Crippen molar-refractivity contribution in [2.45, 2.75) is 18.1 Å². The van der Waals surface area contributed by atoms with Crippen molar-refractivity contribution < 1.29 is 9.21 Å². The number of amides is 1. The van der Waals surface area contributed by atoms with Crippen LogP contribution in [0.3, 0.4) is 0 Å². The zero-order chi connectivity index (χ0) is 19.1. The number of nitrogens with zero attached hydrogens (tertiary/aromatic N) is 4. The normalized spacial score (nSPS) is 10.5. The van der Waals surface area contributed by atoms with Crippen molar-refractivity contribution in [3.8, 4) is 17.5 Å². The molecule has 0 aliphatic rings. The molecule has 0 spiro atoms. The maximum atomic E-state index is 11.9. The highest BCUT2D eigenvalue weighted by molar-refractivity contribution is 7.99. The van der Waals surface area contributed by atoms with Crippen LogP contribution in [-0.2, 0) is 11.3 Å². The van der Waals surface area contributed by atoms with Gasteiger partial charge in [0.05, 0.1) is 31.1 Å². The highest BCUT2D eigenvalue weighted by Gasteiger charge is 2.17. The molecule has 0 aliphatic heterocycles. The smallest absolute Gasteiger partial charge is 0.230 e. The molecule has 2 aromatic heterocycles. The van der Waals surface area contributed by atoms with Gasteiger partial charge in [0.2, 0.25) is 5.91 Å². The number of nitrogens with one attached hydrogen (secondary N) is 1. The average Bonchev–Trinajstić information content (AvgIpc) is 3.32. The van der Waals surface area contributed by atoms with E-state index in [0.717, 1.165) is 11.3 Å². The van der Waals surface area contributed by atoms with Gasteiger partial charge in [-0.1, -0.05) is 23.4 Å². The number of furan rings is 1. The molecule has 1 amide bonds. The van der Waals surface area contributed by atoms with Gasteiger partial charge < -0.3 is 9.73 Å². The third-order valence-electron chi connectivity index (χ3n) is 3.60. The van der Waals surface area contributed by atoms with Crippen molar-refractivity contribution in [3.05, 3.63) is 53.4 Å². The second-order valence-corrected chi connectivity index (χ2v) is 6.90. The quantitative estimate of drug-likeness (QED) is 0.459. The molecule has 0 saturated carbocycles. The van der Waals surface area contributed by atoms with E-state index in [1.54, 1.807) is 18.4 Å². The number of aromatic nitrogens is 3. The van der Waals surface area contributed by atoms with Crippen LogP contribution in [0, 0.1) is 11.3 Å². The zero-order valence-electron chi connectivity index (χ0n) is 14.3. The van der Waals surface area contributed by atoms with Crippen LogP contribution in [0.4, 0.5) is 0 Å². The van der Waals surface area contributed by atoms with Gasteiger partial charge in [-0.2, -0.15) is 5.26 Å². The van der Waals surface area contributed by atoms with E-state index in [9.17, 15) is 4.79 Å². The van der Waals surface area contributed by atoms with Crippen molar-refractivity contribution >= 4 is 29.3 Å². The number of rotatable bonds is 8. The van der Waals surface area contributed by atoms with E-state index in [1.807, 2.05) is 34.9 Å². The molecule has 3 rings (SSSR count). The second-order valence-electron chi connectivity index (χ2n) is 5.53. The molecule has 0 bridgehead atoms. The van der Waals surface area contributed by atoms with E-state index in [4.69, 9.17) is 21.3 Å². The van der Waals surface area contributed by atoms with E-state index in [2.05, 4.69) is 15.5 Å². The maximum absolute atomic E-state index is 11.9. The third kappa shape index (κ3) is 5.12. The van der Waals surface area contributed by atoms with Crippen LogP contribution in [-0.4, -0.2) is 33.0 Å². The Labute approximate surface area is 165 Å². The van der Waals surface area contributed by atoms with Crippen molar-refractivity contribution in [1.82, 2.24) is 20.1 Å². The molecule has 0 fully saturated rings. The molecular formula is C18H16ClN5O2S. The van der Waals surface area contributed by atoms with Crippen molar-refractivity contribution in [1.29, 1.82) is 5.26 Å². The lowest BCUT2D eigenvalue weighted by molar-refractivity contribution is -0.118. The van der Waals surface area contributed by atoms with Crippen LogP contribution >= 0.6 is 23.4 Å². The lowest BCUT2D eigenvalue weighted by atomic mass is 10.2. The van der Waals surface area contributed by atoms with E-state index >= 15 is 0 Å². The number of nitriles is 1. The molecule has 138 valence electrons. The molecule has 0 saturated heterocycles. The average molecular weight is 402 g/mol. The number of hydrogen-bond donors (Lipinski definition) is 1. The van der Waals surface area contributed by atoms with Gasteiger partial charge >= 0.3 is 0 Å². The van der Waals surface area contributed by atoms with Crippen LogP contribution in [0.2, 0.25) is 5.02 Å². The zero-order valence-corrected chi connectivity index (χ0v) is 15.8. The fraction of sp³-hybridized carbons (Fsp3) is 0.222. The summed E-state index contributed by atoms with van der Waals surface area (Å²) in [5, 5.41) is 21.0. The van der Waals surface area contributed by atoms with E-state index < -0.39 is 0 Å². The summed E-state index contributed by atoms with van der Waals surface area (Å²) in [6, 6.07) is 13.0. The summed E-state index contributed by atoms with van der Waals surface area (Å²) in [6.07, 6.45) is 1.89. The first-order valence-corrected chi connectivity index (χ1v) is 9.51. The Morgan fingerprint density at radius 2 is 2.11 bits per heavy atom. The fourth-order valence-corrected chi connectivity index (χ4v) is 3.24. The topological polar surface area (TPSA) is 96.7 Å². The Balaban J connectivity index is 1.79. The van der Waals surface area contributed by atoms with E-state index in [-0.39, 0.29) is 18.1 Å². The van der Waals surface area contributed by atoms with Gasteiger partial charge in [-0.05, 0) is 36.4 Å². The summed E-state index contributed by atoms with van der Waals surface area (Å²) in [5.41, 5.74) is 0.865. The number of benzene rings is 1. The molecule has 3 aromatic rings. The van der Waals surface area contributed by atoms with Crippen LogP contribution < -0.4 is 5.32 Å². The lowest BCUT2D eigenvalue weighted by Gasteiger charge is -2.09. The first-order chi connectivity index (χ1) is 13.2. The molecule has 0 unspecified atom stereocenters. The molecule has 7 nitrogen and oxygen atoms in total. The molecule has 0 radical (unpaired) electrons. The maximum Gasteiger partial charge on any atom is 0.230 e. The number of hydrogen-bond acceptors (Lipinski definition) is 6. The number of thioether (sulfide) groups is 1. The predicted molar refractivity (Wildman–Crippen MR) is 102 cm³/mol. The lowest BCUT2D eigenvalue weighted by Crippen LogP contribution is -2.26. The Morgan fingerprint density at radius 1 is 1.30 bits per heavy atom. The molecule has 2 heterocycles. The van der Waals surface area contributed by atoms with Gasteiger partial charge in [-0.3, -0.25) is 9.36 Å². The standard InChI is InChI=1S/C18H16ClN5O2S/c19-14-6-4-13(5-7-14)17-22-23-18(24(17)11-15-3-1-10-26-15)27-12-16(25)21-9-2-8-20/h1,3-7,10H,2,9,11-12H2,(H,21,25). The van der Waals surface area contributed by atoms with Crippen LogP contribution in [0.15, 0.2) is 52.2 Å². The molecule has 0 atom stereocenters. The van der Waals surface area contributed by atoms with Gasteiger partial charge in [0.15, 0.2) is 11.0 Å². The van der Waals surface area contributed by atoms with Gasteiger partial charge in [-0.25, -0.2) is 0 Å². The number of halogens is 1. The molecule has 27 heavy (non-hydrogen) atoms. The Kier molecular flexibility index (Phi) is 6.52. The van der Waals surface area contributed by atoms with Crippen LogP contribution in [0.25, 0.3) is 11.4 Å². The van der Waals surface area contributed by atoms with Crippen molar-refractivity contribution in [3.63, 3.8) is 0 Å². The van der Waals surface area contributed by atoms with Gasteiger partial charge in [0.1, 0.15) is 5.76 Å². The molecule has 9 heteroatoms. The minimum absolute atomic E-state index is 0.157. The largest absolute Gasteiger partial charge is 0.467 e. The number of carbonyl (C=O) groups is 1. The van der Waals surface area contributed by atoms with E-state index in [1.165, 1.54) is 11.8 Å². The summed E-state index contributed by atoms with van der Waals surface area (Å²) < 4.78 is 7.34. The van der Waals surface area contributed by atoms with Gasteiger partial charge in [-0.15, -0.1) is 10.2 Å². The summed E-state index contributed by atoms with van der Waals surface area (Å²) in [6.45, 7) is 0.779. The van der Waals surface area contributed by atoms with E-state index in [0.29, 0.717) is 29.1 Å². The summed E-state index contributed by atoms with van der Waals surface area (Å²) in [4.78, 5) is 11.9. The highest BCUT2D eigenvalue weighted by Crippen LogP contribution is 2.26. The van der Waals surface area contributed by atoms with Gasteiger partial charge in [0, 0.05) is 17.1 Å². The highest BCUT2D eigenvalue weighted by atomic mass is 35.5. The van der Waals surface area contributed by atoms with Crippen molar-refractivity contribution in [2.75, 3.05) is 12.3 Å². The Bertz CT molecular complexity index is 932. The minimum atomic E-state index is -0.157. The predicted octanol–water partition coefficient (Wildman–Crippen LogP) is 3.36. The van der Waals surface area contributed by atoms with Crippen molar-refractivity contribution in [2.24, 2.45) is 0 Å². The molecule has 1 aromatic carbocycles. The third-order valence-corrected chi connectivity index (χ3v) is 4.82. The molecule has 0 aliphatic carbocycles. The molecular weight excluding hydrogens is 386 g/mol. The monoisotopic (exact) mass is 401 g/mol. The SMILES string of the molecule is N#CCCNC(=O)CSc1nnc(-c2ccc(Cl)cc2)n1Cc1ccco1. The first kappa shape index (κ1) is 19.0. The summed E-state index contributed by atoms with van der Waals surface area (Å²) in [5.74, 6) is 1.44. The summed E-state index contributed by atoms with van der Waals surface area (Å²) in [7, 11) is 0. The number of carbonyl (C=O) groups excluding carboxylic acids is 1. The summed E-state index contributed by atoms with van der Waals surface area (Å²) >= 11 is 7.25. The van der Waals surface area contributed by atoms with Gasteiger partial charge in [0.25, 0.3) is 0 Å². The minimum Gasteiger partial charge on any atom is -0.467 e.